The molecule has 0 bridgehead atoms. The van der Waals surface area contributed by atoms with E-state index in [1.54, 1.807) is 0 Å². The molecule has 1 rings (SSSR count). The Hall–Kier alpha value is -0.470. The van der Waals surface area contributed by atoms with Crippen molar-refractivity contribution in [3.8, 4) is 11.8 Å². The Morgan fingerprint density at radius 2 is 1.94 bits per heavy atom. The van der Waals surface area contributed by atoms with Gasteiger partial charge in [0.1, 0.15) is 0 Å². The molecule has 0 spiro atoms. The molecule has 0 radical (unpaired) electrons. The highest BCUT2D eigenvalue weighted by atomic mass is 79.9. The van der Waals surface area contributed by atoms with E-state index in [0.29, 0.717) is 16.5 Å². The molecule has 0 aromatic heterocycles. The second-order valence-corrected chi connectivity index (χ2v) is 4.58. The Balaban J connectivity index is 2.98. The van der Waals surface area contributed by atoms with E-state index >= 15 is 0 Å². The van der Waals surface area contributed by atoms with Gasteiger partial charge in [-0.15, -0.1) is 0 Å². The van der Waals surface area contributed by atoms with Crippen molar-refractivity contribution in [2.24, 2.45) is 0 Å². The van der Waals surface area contributed by atoms with Gasteiger partial charge in [0, 0.05) is 21.8 Å². The third-order valence-corrected chi connectivity index (χ3v) is 2.79. The van der Waals surface area contributed by atoms with Crippen LogP contribution in [-0.2, 0) is 6.18 Å². The quantitative estimate of drug-likeness (QED) is 0.510. The average molecular weight is 356 g/mol. The largest absolute Gasteiger partial charge is 0.416 e. The van der Waals surface area contributed by atoms with Crippen LogP contribution in [0.25, 0.3) is 0 Å². The summed E-state index contributed by atoms with van der Waals surface area (Å²) in [6.45, 7) is 0. The van der Waals surface area contributed by atoms with Crippen LogP contribution >= 0.6 is 31.9 Å². The Kier molecular flexibility index (Phi) is 4.88. The third-order valence-electron chi connectivity index (χ3n) is 1.74. The molecule has 0 aliphatic heterocycles. The first kappa shape index (κ1) is 13.6. The van der Waals surface area contributed by atoms with Crippen LogP contribution < -0.4 is 0 Å². The Bertz CT molecular complexity index is 427. The maximum Gasteiger partial charge on any atom is 0.416 e. The van der Waals surface area contributed by atoms with Gasteiger partial charge >= 0.3 is 6.18 Å². The van der Waals surface area contributed by atoms with Gasteiger partial charge in [0.25, 0.3) is 0 Å². The summed E-state index contributed by atoms with van der Waals surface area (Å²) in [5.74, 6) is 5.64. The monoisotopic (exact) mass is 354 g/mol. The Labute approximate surface area is 108 Å². The molecule has 1 aromatic rings. The third kappa shape index (κ3) is 3.84. The molecule has 0 nitrogen and oxygen atoms in total. The average Bonchev–Trinajstić information content (AvgIpc) is 2.19. The van der Waals surface area contributed by atoms with Gasteiger partial charge in [-0.05, 0) is 34.1 Å². The van der Waals surface area contributed by atoms with Crippen LogP contribution in [0.4, 0.5) is 13.2 Å². The second kappa shape index (κ2) is 5.74. The summed E-state index contributed by atoms with van der Waals surface area (Å²) in [4.78, 5) is 0. The molecule has 0 heterocycles. The zero-order valence-electron chi connectivity index (χ0n) is 8.04. The van der Waals surface area contributed by atoms with Crippen molar-refractivity contribution in [2.75, 3.05) is 5.33 Å². The maximum absolute atomic E-state index is 12.3. The predicted octanol–water partition coefficient (Wildman–Crippen LogP) is 4.60. The highest BCUT2D eigenvalue weighted by Crippen LogP contribution is 2.31. The van der Waals surface area contributed by atoms with Crippen LogP contribution in [0.3, 0.4) is 0 Å². The molecule has 0 saturated carbocycles. The molecule has 0 atom stereocenters. The maximum atomic E-state index is 12.3. The predicted molar refractivity (Wildman–Crippen MR) is 64.4 cm³/mol. The molecule has 0 unspecified atom stereocenters. The summed E-state index contributed by atoms with van der Waals surface area (Å²) in [7, 11) is 0. The molecular formula is C11H7Br2F3. The van der Waals surface area contributed by atoms with E-state index in [1.807, 2.05) is 0 Å². The second-order valence-electron chi connectivity index (χ2n) is 2.93. The van der Waals surface area contributed by atoms with E-state index < -0.39 is 11.7 Å². The summed E-state index contributed by atoms with van der Waals surface area (Å²) in [6, 6.07) is 3.44. The Morgan fingerprint density at radius 1 is 1.25 bits per heavy atom. The number of halogens is 5. The molecule has 0 aliphatic rings. The minimum atomic E-state index is -4.32. The van der Waals surface area contributed by atoms with Crippen molar-refractivity contribution < 1.29 is 13.2 Å². The molecular weight excluding hydrogens is 349 g/mol. The topological polar surface area (TPSA) is 0 Å². The first-order valence-electron chi connectivity index (χ1n) is 4.36. The van der Waals surface area contributed by atoms with Gasteiger partial charge in [0.05, 0.1) is 5.56 Å². The van der Waals surface area contributed by atoms with Crippen molar-refractivity contribution in [1.82, 2.24) is 0 Å². The van der Waals surface area contributed by atoms with Gasteiger partial charge in [0.15, 0.2) is 0 Å². The van der Waals surface area contributed by atoms with Crippen LogP contribution in [-0.4, -0.2) is 5.33 Å². The van der Waals surface area contributed by atoms with Crippen LogP contribution in [0.15, 0.2) is 22.7 Å². The summed E-state index contributed by atoms with van der Waals surface area (Å²) >= 11 is 6.29. The van der Waals surface area contributed by atoms with E-state index in [2.05, 4.69) is 43.7 Å². The van der Waals surface area contributed by atoms with Gasteiger partial charge in [-0.2, -0.15) is 13.2 Å². The molecule has 0 aliphatic carbocycles. The standard InChI is InChI=1S/C11H7Br2F3/c12-6-2-1-3-8-4-5-9(7-10(8)13)11(14,15)16/h4-5,7H,2,6H2. The number of benzene rings is 1. The van der Waals surface area contributed by atoms with Crippen LogP contribution in [0.1, 0.15) is 17.5 Å². The van der Waals surface area contributed by atoms with Crippen molar-refractivity contribution >= 4 is 31.9 Å². The highest BCUT2D eigenvalue weighted by molar-refractivity contribution is 9.10. The lowest BCUT2D eigenvalue weighted by Gasteiger charge is -2.07. The summed E-state index contributed by atoms with van der Waals surface area (Å²) < 4.78 is 37.4. The van der Waals surface area contributed by atoms with E-state index in [0.717, 1.165) is 17.5 Å². The van der Waals surface area contributed by atoms with Crippen molar-refractivity contribution in [3.63, 3.8) is 0 Å². The number of hydrogen-bond donors (Lipinski definition) is 0. The fraction of sp³-hybridized carbons (Fsp3) is 0.273. The minimum absolute atomic E-state index is 0.365. The van der Waals surface area contributed by atoms with Crippen molar-refractivity contribution in [2.45, 2.75) is 12.6 Å². The SMILES string of the molecule is FC(F)(F)c1ccc(C#CCCBr)c(Br)c1. The first-order chi connectivity index (χ1) is 7.45. The van der Waals surface area contributed by atoms with Gasteiger partial charge < -0.3 is 0 Å². The number of alkyl halides is 4. The van der Waals surface area contributed by atoms with Gasteiger partial charge in [0.2, 0.25) is 0 Å². The van der Waals surface area contributed by atoms with Crippen LogP contribution in [0.5, 0.6) is 0 Å². The molecule has 0 N–H and O–H groups in total. The molecule has 5 heteroatoms. The van der Waals surface area contributed by atoms with Gasteiger partial charge in [-0.25, -0.2) is 0 Å². The summed E-state index contributed by atoms with van der Waals surface area (Å²) in [5.41, 5.74) is -0.112. The molecule has 0 fully saturated rings. The summed E-state index contributed by atoms with van der Waals surface area (Å²) in [6.07, 6.45) is -3.65. The van der Waals surface area contributed by atoms with E-state index in [1.165, 1.54) is 6.07 Å². The highest BCUT2D eigenvalue weighted by Gasteiger charge is 2.30. The lowest BCUT2D eigenvalue weighted by molar-refractivity contribution is -0.137. The van der Waals surface area contributed by atoms with Crippen LogP contribution in [0, 0.1) is 11.8 Å². The van der Waals surface area contributed by atoms with Crippen molar-refractivity contribution in [3.05, 3.63) is 33.8 Å². The fourth-order valence-electron chi connectivity index (χ4n) is 0.998. The van der Waals surface area contributed by atoms with E-state index in [-0.39, 0.29) is 0 Å². The van der Waals surface area contributed by atoms with Crippen molar-refractivity contribution in [1.29, 1.82) is 0 Å². The molecule has 0 saturated heterocycles. The number of rotatable bonds is 1. The van der Waals surface area contributed by atoms with E-state index in [9.17, 15) is 13.2 Å². The molecule has 86 valence electrons. The Morgan fingerprint density at radius 3 is 2.44 bits per heavy atom. The zero-order valence-corrected chi connectivity index (χ0v) is 11.2. The first-order valence-corrected chi connectivity index (χ1v) is 6.28. The lowest BCUT2D eigenvalue weighted by Crippen LogP contribution is -2.04. The minimum Gasteiger partial charge on any atom is -0.166 e. The van der Waals surface area contributed by atoms with Gasteiger partial charge in [-0.1, -0.05) is 27.8 Å². The fourth-order valence-corrected chi connectivity index (χ4v) is 1.67. The molecule has 16 heavy (non-hydrogen) atoms. The van der Waals surface area contributed by atoms with Gasteiger partial charge in [-0.3, -0.25) is 0 Å². The normalized spacial score (nSPS) is 10.8. The number of hydrogen-bond acceptors (Lipinski definition) is 0. The zero-order chi connectivity index (χ0) is 12.2. The summed E-state index contributed by atoms with van der Waals surface area (Å²) in [5, 5.41) is 0.748. The van der Waals surface area contributed by atoms with E-state index in [4.69, 9.17) is 0 Å². The molecule has 0 amide bonds. The lowest BCUT2D eigenvalue weighted by atomic mass is 10.1. The van der Waals surface area contributed by atoms with Crippen LogP contribution in [0.2, 0.25) is 0 Å². The molecule has 1 aromatic carbocycles. The smallest absolute Gasteiger partial charge is 0.166 e.